The van der Waals surface area contributed by atoms with E-state index in [1.54, 1.807) is 4.90 Å². The van der Waals surface area contributed by atoms with Crippen LogP contribution in [0.1, 0.15) is 0 Å². The molecule has 1 aromatic rings. The maximum absolute atomic E-state index is 11.3. The monoisotopic (exact) mass is 360 g/mol. The number of nitrogens with zero attached hydrogens (tertiary/aromatic N) is 6. The number of ether oxygens (including phenoxy) is 3. The van der Waals surface area contributed by atoms with Gasteiger partial charge in [-0.05, 0) is 0 Å². The minimum Gasteiger partial charge on any atom is -0.395 e. The van der Waals surface area contributed by atoms with Crippen molar-refractivity contribution in [1.29, 1.82) is 0 Å². The van der Waals surface area contributed by atoms with Gasteiger partial charge < -0.3 is 29.3 Å². The Kier molecular flexibility index (Phi) is 9.57. The number of carbonyl (C=O) groups is 1. The van der Waals surface area contributed by atoms with E-state index in [0.717, 1.165) is 4.90 Å². The molecule has 0 saturated heterocycles. The van der Waals surface area contributed by atoms with Gasteiger partial charge in [-0.2, -0.15) is 15.0 Å². The van der Waals surface area contributed by atoms with E-state index in [9.17, 15) is 9.90 Å². The fourth-order valence-corrected chi connectivity index (χ4v) is 1.85. The molecule has 0 aliphatic heterocycles. The van der Waals surface area contributed by atoms with Gasteiger partial charge in [-0.3, -0.25) is 14.6 Å². The first-order valence-corrected chi connectivity index (χ1v) is 7.31. The van der Waals surface area contributed by atoms with E-state index in [-0.39, 0.29) is 51.2 Å². The number of hydrogen-bond donors (Lipinski definition) is 2. The lowest BCUT2D eigenvalue weighted by Gasteiger charge is -2.25. The highest BCUT2D eigenvalue weighted by Gasteiger charge is 2.20. The van der Waals surface area contributed by atoms with Gasteiger partial charge in [-0.25, -0.2) is 0 Å². The normalized spacial score (nSPS) is 10.6. The molecule has 0 saturated carbocycles. The maximum atomic E-state index is 11.3. The molecule has 0 fully saturated rings. The Balaban J connectivity index is 3.35. The molecule has 0 unspecified atom stereocenters. The summed E-state index contributed by atoms with van der Waals surface area (Å²) in [6, 6.07) is 0. The Morgan fingerprint density at radius 1 is 0.880 bits per heavy atom. The zero-order chi connectivity index (χ0) is 18.7. The molecule has 25 heavy (non-hydrogen) atoms. The van der Waals surface area contributed by atoms with Gasteiger partial charge in [0, 0.05) is 27.9 Å². The van der Waals surface area contributed by atoms with Crippen molar-refractivity contribution in [2.24, 2.45) is 0 Å². The van der Waals surface area contributed by atoms with Gasteiger partial charge in [0.05, 0.1) is 6.61 Å². The van der Waals surface area contributed by atoms with Crippen molar-refractivity contribution in [1.82, 2.24) is 15.0 Å². The zero-order valence-electron chi connectivity index (χ0n) is 14.5. The Bertz CT molecular complexity index is 516. The Labute approximate surface area is 145 Å². The molecule has 1 heterocycles. The van der Waals surface area contributed by atoms with E-state index in [1.165, 1.54) is 26.2 Å². The van der Waals surface area contributed by atoms with Crippen LogP contribution >= 0.6 is 0 Å². The van der Waals surface area contributed by atoms with Crippen LogP contribution in [0.15, 0.2) is 0 Å². The molecular weight excluding hydrogens is 336 g/mol. The van der Waals surface area contributed by atoms with Gasteiger partial charge >= 0.3 is 0 Å². The minimum atomic E-state index is -0.427. The van der Waals surface area contributed by atoms with Gasteiger partial charge in [0.15, 0.2) is 0 Å². The van der Waals surface area contributed by atoms with Crippen molar-refractivity contribution in [3.63, 3.8) is 0 Å². The van der Waals surface area contributed by atoms with Gasteiger partial charge in [-0.1, -0.05) is 0 Å². The maximum Gasteiger partial charge on any atom is 0.240 e. The average Bonchev–Trinajstić information content (AvgIpc) is 2.63. The smallest absolute Gasteiger partial charge is 0.240 e. The van der Waals surface area contributed by atoms with E-state index in [0.29, 0.717) is 6.41 Å². The molecule has 0 radical (unpaired) electrons. The number of methoxy groups -OCH3 is 3. The predicted octanol–water partition coefficient (Wildman–Crippen LogP) is -1.80. The third kappa shape index (κ3) is 6.03. The van der Waals surface area contributed by atoms with Crippen molar-refractivity contribution in [2.75, 3.05) is 76.1 Å². The molecule has 12 heteroatoms. The lowest BCUT2D eigenvalue weighted by atomic mass is 10.6. The molecule has 1 rings (SSSR count). The summed E-state index contributed by atoms with van der Waals surface area (Å²) in [6.07, 6.45) is 0.513. The Morgan fingerprint density at radius 3 is 1.84 bits per heavy atom. The predicted molar refractivity (Wildman–Crippen MR) is 88.0 cm³/mol. The lowest BCUT2D eigenvalue weighted by molar-refractivity contribution is -0.108. The summed E-state index contributed by atoms with van der Waals surface area (Å²) in [5.74, 6) is 0.269. The number of amides is 1. The SMILES string of the molecule is COCN(C=O)c1nc(N(CO)CCO)nc(N(COC)COC)n1. The summed E-state index contributed by atoms with van der Waals surface area (Å²) in [5, 5.41) is 18.6. The summed E-state index contributed by atoms with van der Waals surface area (Å²) in [5.41, 5.74) is 0. The van der Waals surface area contributed by atoms with Gasteiger partial charge in [-0.15, -0.1) is 0 Å². The highest BCUT2D eigenvalue weighted by molar-refractivity contribution is 5.71. The van der Waals surface area contributed by atoms with Gasteiger partial charge in [0.1, 0.15) is 26.9 Å². The molecular formula is C13H24N6O6. The molecule has 0 aliphatic carbocycles. The van der Waals surface area contributed by atoms with Crippen molar-refractivity contribution >= 4 is 24.3 Å². The molecule has 0 spiro atoms. The van der Waals surface area contributed by atoms with Crippen LogP contribution in [0, 0.1) is 0 Å². The van der Waals surface area contributed by atoms with E-state index in [4.69, 9.17) is 19.3 Å². The fourth-order valence-electron chi connectivity index (χ4n) is 1.85. The average molecular weight is 360 g/mol. The molecule has 0 aromatic carbocycles. The van der Waals surface area contributed by atoms with Crippen molar-refractivity contribution in [3.05, 3.63) is 0 Å². The van der Waals surface area contributed by atoms with Crippen molar-refractivity contribution in [2.45, 2.75) is 0 Å². The molecule has 1 aromatic heterocycles. The number of aliphatic hydroxyl groups is 2. The van der Waals surface area contributed by atoms with Crippen LogP contribution < -0.4 is 14.7 Å². The molecule has 12 nitrogen and oxygen atoms in total. The summed E-state index contributed by atoms with van der Waals surface area (Å²) in [7, 11) is 4.42. The van der Waals surface area contributed by atoms with E-state index in [1.807, 2.05) is 0 Å². The van der Waals surface area contributed by atoms with Crippen LogP contribution in [0.5, 0.6) is 0 Å². The Morgan fingerprint density at radius 2 is 1.40 bits per heavy atom. The number of anilines is 3. The van der Waals surface area contributed by atoms with E-state index < -0.39 is 6.73 Å². The molecule has 142 valence electrons. The standard InChI is InChI=1S/C13H24N6O6/c1-23-8-18(7-22)12-14-11(17(6-21)4-5-20)15-13(16-12)19(9-24-2)10-25-3/h7,20-21H,4-6,8-10H2,1-3H3. The lowest BCUT2D eigenvalue weighted by Crippen LogP contribution is -2.35. The number of rotatable bonds is 13. The largest absolute Gasteiger partial charge is 0.395 e. The highest BCUT2D eigenvalue weighted by atomic mass is 16.5. The Hall–Kier alpha value is -2.12. The van der Waals surface area contributed by atoms with Crippen LogP contribution in [-0.2, 0) is 19.0 Å². The summed E-state index contributed by atoms with van der Waals surface area (Å²) >= 11 is 0. The molecule has 1 amide bonds. The van der Waals surface area contributed by atoms with Crippen LogP contribution in [0.3, 0.4) is 0 Å². The number of aliphatic hydroxyl groups excluding tert-OH is 2. The molecule has 0 atom stereocenters. The number of hydrogen-bond acceptors (Lipinski definition) is 11. The first-order valence-electron chi connectivity index (χ1n) is 7.31. The molecule has 2 N–H and O–H groups in total. The van der Waals surface area contributed by atoms with Crippen LogP contribution in [0.2, 0.25) is 0 Å². The zero-order valence-corrected chi connectivity index (χ0v) is 14.5. The number of carbonyl (C=O) groups excluding carboxylic acids is 1. The number of aromatic nitrogens is 3. The van der Waals surface area contributed by atoms with E-state index >= 15 is 0 Å². The van der Waals surface area contributed by atoms with Crippen LogP contribution in [0.25, 0.3) is 0 Å². The van der Waals surface area contributed by atoms with Crippen LogP contribution in [-0.4, -0.2) is 93.0 Å². The van der Waals surface area contributed by atoms with Gasteiger partial charge in [0.2, 0.25) is 24.3 Å². The third-order valence-electron chi connectivity index (χ3n) is 2.93. The van der Waals surface area contributed by atoms with Crippen molar-refractivity contribution < 1.29 is 29.2 Å². The summed E-state index contributed by atoms with van der Waals surface area (Å²) in [4.78, 5) is 27.9. The second-order valence-electron chi connectivity index (χ2n) is 4.73. The third-order valence-corrected chi connectivity index (χ3v) is 2.93. The van der Waals surface area contributed by atoms with Crippen LogP contribution in [0.4, 0.5) is 17.8 Å². The second-order valence-corrected chi connectivity index (χ2v) is 4.73. The van der Waals surface area contributed by atoms with E-state index in [2.05, 4.69) is 15.0 Å². The van der Waals surface area contributed by atoms with Gasteiger partial charge in [0.25, 0.3) is 0 Å². The molecule has 0 bridgehead atoms. The quantitative estimate of drug-likeness (QED) is 0.305. The summed E-state index contributed by atoms with van der Waals surface area (Å²) < 4.78 is 15.1. The highest BCUT2D eigenvalue weighted by Crippen LogP contribution is 2.18. The minimum absolute atomic E-state index is 0.0189. The first kappa shape index (κ1) is 20.9. The molecule has 0 aliphatic rings. The summed E-state index contributed by atoms with van der Waals surface area (Å²) in [6.45, 7) is -0.364. The second kappa shape index (κ2) is 11.4. The van der Waals surface area contributed by atoms with Crippen molar-refractivity contribution in [3.8, 4) is 0 Å². The fraction of sp³-hybridized carbons (Fsp3) is 0.692. The topological polar surface area (TPSA) is 134 Å². The first-order chi connectivity index (χ1) is 12.1.